The molecule has 2 rings (SSSR count). The maximum Gasteiger partial charge on any atom is 0.139 e. The number of rotatable bonds is 3. The minimum atomic E-state index is 0.498. The van der Waals surface area contributed by atoms with Gasteiger partial charge in [0.15, 0.2) is 0 Å². The van der Waals surface area contributed by atoms with E-state index in [1.54, 1.807) is 0 Å². The van der Waals surface area contributed by atoms with Gasteiger partial charge in [-0.1, -0.05) is 24.6 Å². The molecule has 0 bridgehead atoms. The summed E-state index contributed by atoms with van der Waals surface area (Å²) in [7, 11) is 0. The molecule has 0 saturated carbocycles. The lowest BCUT2D eigenvalue weighted by Crippen LogP contribution is -2.06. The molecule has 0 aliphatic carbocycles. The molecule has 0 spiro atoms. The van der Waals surface area contributed by atoms with E-state index in [2.05, 4.69) is 15.3 Å². The molecule has 0 fully saturated rings. The summed E-state index contributed by atoms with van der Waals surface area (Å²) in [4.78, 5) is 8.68. The van der Waals surface area contributed by atoms with E-state index in [0.717, 1.165) is 29.1 Å². The highest BCUT2D eigenvalue weighted by molar-refractivity contribution is 6.33. The highest BCUT2D eigenvalue weighted by Crippen LogP contribution is 2.28. The fourth-order valence-electron chi connectivity index (χ4n) is 1.72. The number of hydrogen-bond donors (Lipinski definition) is 2. The molecule has 1 heterocycles. The Morgan fingerprint density at radius 3 is 2.68 bits per heavy atom. The van der Waals surface area contributed by atoms with Crippen molar-refractivity contribution in [1.82, 2.24) is 9.97 Å². The van der Waals surface area contributed by atoms with Gasteiger partial charge in [0, 0.05) is 12.0 Å². The van der Waals surface area contributed by atoms with Crippen LogP contribution in [0.2, 0.25) is 5.02 Å². The minimum absolute atomic E-state index is 0.498. The predicted molar refractivity (Wildman–Crippen MR) is 80.0 cm³/mol. The van der Waals surface area contributed by atoms with E-state index in [4.69, 9.17) is 17.3 Å². The molecule has 0 amide bonds. The van der Waals surface area contributed by atoms with Gasteiger partial charge in [0.25, 0.3) is 0 Å². The Balaban J connectivity index is 2.42. The lowest BCUT2D eigenvalue weighted by atomic mass is 10.2. The van der Waals surface area contributed by atoms with E-state index >= 15 is 0 Å². The second kappa shape index (κ2) is 5.45. The summed E-state index contributed by atoms with van der Waals surface area (Å²) in [5.74, 6) is 1.92. The first-order valence-electron chi connectivity index (χ1n) is 6.17. The number of aromatic nitrogens is 2. The lowest BCUT2D eigenvalue weighted by molar-refractivity contribution is 0.940. The molecule has 4 nitrogen and oxygen atoms in total. The van der Waals surface area contributed by atoms with Crippen molar-refractivity contribution in [3.63, 3.8) is 0 Å². The molecule has 100 valence electrons. The van der Waals surface area contributed by atoms with E-state index in [9.17, 15) is 0 Å². The molecular weight excluding hydrogens is 260 g/mol. The zero-order valence-corrected chi connectivity index (χ0v) is 12.0. The minimum Gasteiger partial charge on any atom is -0.383 e. The van der Waals surface area contributed by atoms with E-state index in [0.29, 0.717) is 16.7 Å². The van der Waals surface area contributed by atoms with Crippen molar-refractivity contribution in [3.8, 4) is 0 Å². The molecule has 5 heteroatoms. The Labute approximate surface area is 118 Å². The molecular formula is C14H17ClN4. The van der Waals surface area contributed by atoms with E-state index in [1.165, 1.54) is 0 Å². The number of benzene rings is 1. The lowest BCUT2D eigenvalue weighted by Gasteiger charge is -2.13. The van der Waals surface area contributed by atoms with Crippen molar-refractivity contribution in [3.05, 3.63) is 40.2 Å². The molecule has 1 aromatic heterocycles. The first-order chi connectivity index (χ1) is 9.01. The quantitative estimate of drug-likeness (QED) is 0.898. The zero-order valence-electron chi connectivity index (χ0n) is 11.3. The van der Waals surface area contributed by atoms with Crippen LogP contribution in [0.15, 0.2) is 18.2 Å². The predicted octanol–water partition coefficient (Wildman–Crippen LogP) is 3.64. The third-order valence-electron chi connectivity index (χ3n) is 2.92. The van der Waals surface area contributed by atoms with Gasteiger partial charge in [0.2, 0.25) is 0 Å². The Morgan fingerprint density at radius 2 is 2.00 bits per heavy atom. The summed E-state index contributed by atoms with van der Waals surface area (Å²) < 4.78 is 0. The van der Waals surface area contributed by atoms with E-state index < -0.39 is 0 Å². The molecule has 3 N–H and O–H groups in total. The van der Waals surface area contributed by atoms with Crippen LogP contribution in [0.1, 0.15) is 23.9 Å². The summed E-state index contributed by atoms with van der Waals surface area (Å²) in [6.07, 6.45) is 0.737. The van der Waals surface area contributed by atoms with Gasteiger partial charge in [0.05, 0.1) is 10.7 Å². The Kier molecular flexibility index (Phi) is 3.90. The van der Waals surface area contributed by atoms with Gasteiger partial charge >= 0.3 is 0 Å². The maximum absolute atomic E-state index is 6.17. The number of aryl methyl sites for hydroxylation is 2. The zero-order chi connectivity index (χ0) is 14.0. The molecule has 2 aromatic rings. The summed E-state index contributed by atoms with van der Waals surface area (Å²) >= 11 is 6.17. The number of halogens is 1. The smallest absolute Gasteiger partial charge is 0.139 e. The summed E-state index contributed by atoms with van der Waals surface area (Å²) in [6, 6.07) is 5.80. The molecule has 0 aliphatic rings. The molecule has 19 heavy (non-hydrogen) atoms. The van der Waals surface area contributed by atoms with Crippen LogP contribution >= 0.6 is 11.6 Å². The van der Waals surface area contributed by atoms with Crippen molar-refractivity contribution >= 4 is 28.9 Å². The van der Waals surface area contributed by atoms with Crippen LogP contribution in [0.25, 0.3) is 0 Å². The highest BCUT2D eigenvalue weighted by Gasteiger charge is 2.09. The molecule has 0 saturated heterocycles. The SMILES string of the molecule is CCc1nc(N)c(C)c(Nc2cc(C)ccc2Cl)n1. The Hall–Kier alpha value is -1.81. The number of hydrogen-bond acceptors (Lipinski definition) is 4. The molecule has 0 unspecified atom stereocenters. The Bertz CT molecular complexity index is 611. The first-order valence-corrected chi connectivity index (χ1v) is 6.55. The number of nitrogens with one attached hydrogen (secondary N) is 1. The molecule has 0 atom stereocenters. The van der Waals surface area contributed by atoms with Gasteiger partial charge in [-0.05, 0) is 31.5 Å². The fourth-order valence-corrected chi connectivity index (χ4v) is 1.89. The largest absolute Gasteiger partial charge is 0.383 e. The second-order valence-corrected chi connectivity index (χ2v) is 4.87. The van der Waals surface area contributed by atoms with Crippen LogP contribution in [-0.2, 0) is 6.42 Å². The average Bonchev–Trinajstić information content (AvgIpc) is 2.38. The van der Waals surface area contributed by atoms with E-state index in [1.807, 2.05) is 39.0 Å². The van der Waals surface area contributed by atoms with Gasteiger partial charge in [-0.15, -0.1) is 0 Å². The third-order valence-corrected chi connectivity index (χ3v) is 3.25. The van der Waals surface area contributed by atoms with Crippen molar-refractivity contribution in [2.75, 3.05) is 11.1 Å². The normalized spacial score (nSPS) is 10.5. The average molecular weight is 277 g/mol. The van der Waals surface area contributed by atoms with Gasteiger partial charge in [-0.2, -0.15) is 0 Å². The van der Waals surface area contributed by atoms with Gasteiger partial charge in [-0.25, -0.2) is 9.97 Å². The summed E-state index contributed by atoms with van der Waals surface area (Å²) in [6.45, 7) is 5.90. The van der Waals surface area contributed by atoms with E-state index in [-0.39, 0.29) is 0 Å². The molecule has 1 aromatic carbocycles. The van der Waals surface area contributed by atoms with Crippen molar-refractivity contribution < 1.29 is 0 Å². The van der Waals surface area contributed by atoms with Crippen LogP contribution < -0.4 is 11.1 Å². The fraction of sp³-hybridized carbons (Fsp3) is 0.286. The van der Waals surface area contributed by atoms with Crippen molar-refractivity contribution in [2.24, 2.45) is 0 Å². The number of nitrogen functional groups attached to an aromatic ring is 1. The standard InChI is InChI=1S/C14H17ClN4/c1-4-12-18-13(16)9(3)14(19-12)17-11-7-8(2)5-6-10(11)15/h5-7H,4H2,1-3H3,(H3,16,17,18,19). The topological polar surface area (TPSA) is 63.8 Å². The van der Waals surface area contributed by atoms with Crippen LogP contribution in [0, 0.1) is 13.8 Å². The maximum atomic E-state index is 6.17. The monoisotopic (exact) mass is 276 g/mol. The number of anilines is 3. The second-order valence-electron chi connectivity index (χ2n) is 4.46. The van der Waals surface area contributed by atoms with Gasteiger partial charge in [-0.3, -0.25) is 0 Å². The highest BCUT2D eigenvalue weighted by atomic mass is 35.5. The third kappa shape index (κ3) is 2.96. The van der Waals surface area contributed by atoms with Crippen LogP contribution in [-0.4, -0.2) is 9.97 Å². The Morgan fingerprint density at radius 1 is 1.26 bits per heavy atom. The van der Waals surface area contributed by atoms with Crippen LogP contribution in [0.4, 0.5) is 17.3 Å². The number of nitrogens with two attached hydrogens (primary N) is 1. The number of nitrogens with zero attached hydrogens (tertiary/aromatic N) is 2. The van der Waals surface area contributed by atoms with Crippen LogP contribution in [0.3, 0.4) is 0 Å². The van der Waals surface area contributed by atoms with Gasteiger partial charge < -0.3 is 11.1 Å². The molecule has 0 radical (unpaired) electrons. The summed E-state index contributed by atoms with van der Waals surface area (Å²) in [5, 5.41) is 3.89. The summed E-state index contributed by atoms with van der Waals surface area (Å²) in [5.41, 5.74) is 8.67. The van der Waals surface area contributed by atoms with Crippen LogP contribution in [0.5, 0.6) is 0 Å². The van der Waals surface area contributed by atoms with Gasteiger partial charge in [0.1, 0.15) is 17.5 Å². The first kappa shape index (κ1) is 13.6. The van der Waals surface area contributed by atoms with Crippen molar-refractivity contribution in [2.45, 2.75) is 27.2 Å². The molecule has 0 aliphatic heterocycles. The van der Waals surface area contributed by atoms with Crippen molar-refractivity contribution in [1.29, 1.82) is 0 Å².